The third kappa shape index (κ3) is 3.59. The molecule has 19 heavy (non-hydrogen) atoms. The van der Waals surface area contributed by atoms with Crippen molar-refractivity contribution in [2.75, 3.05) is 11.5 Å². The summed E-state index contributed by atoms with van der Waals surface area (Å²) >= 11 is 1.92. The molecule has 1 fully saturated rings. The summed E-state index contributed by atoms with van der Waals surface area (Å²) in [5.41, 5.74) is 5.91. The monoisotopic (exact) mass is 280 g/mol. The van der Waals surface area contributed by atoms with Crippen LogP contribution in [0.15, 0.2) is 12.4 Å². The second-order valence-corrected chi connectivity index (χ2v) is 6.16. The van der Waals surface area contributed by atoms with Crippen LogP contribution in [0.2, 0.25) is 0 Å². The Hall–Kier alpha value is -1.30. The van der Waals surface area contributed by atoms with E-state index >= 15 is 0 Å². The van der Waals surface area contributed by atoms with Crippen LogP contribution in [-0.2, 0) is 0 Å². The van der Waals surface area contributed by atoms with Crippen LogP contribution < -0.4 is 11.1 Å². The molecule has 1 heterocycles. The van der Waals surface area contributed by atoms with E-state index in [-0.39, 0.29) is 23.5 Å². The molecule has 1 amide bonds. The molecule has 0 aliphatic heterocycles. The lowest BCUT2D eigenvalue weighted by molar-refractivity contribution is 0.0925. The molecule has 6 heteroatoms. The molecule has 1 saturated carbocycles. The first-order valence-corrected chi connectivity index (χ1v) is 7.76. The minimum absolute atomic E-state index is 0.190. The first kappa shape index (κ1) is 14.1. The molecule has 1 aromatic rings. The second kappa shape index (κ2) is 6.75. The molecule has 5 nitrogen and oxygen atoms in total. The molecule has 0 unspecified atom stereocenters. The zero-order chi connectivity index (χ0) is 13.7. The fraction of sp³-hybridized carbons (Fsp3) is 0.615. The Morgan fingerprint density at radius 2 is 2.16 bits per heavy atom. The van der Waals surface area contributed by atoms with Crippen molar-refractivity contribution in [1.29, 1.82) is 0 Å². The number of amides is 1. The minimum atomic E-state index is -0.209. The van der Waals surface area contributed by atoms with Crippen LogP contribution >= 0.6 is 11.8 Å². The standard InChI is InChI=1S/C13H20N4OS/c1-2-19-10-6-4-3-5-9(10)17-13(18)11-12(14)16-8-7-15-11/h7-10H,2-6H2,1H3,(H2,14,16)(H,17,18)/t9-,10+/m1/s1. The Morgan fingerprint density at radius 1 is 1.42 bits per heavy atom. The molecule has 2 rings (SSSR count). The molecule has 0 saturated heterocycles. The van der Waals surface area contributed by atoms with E-state index in [0.29, 0.717) is 5.25 Å². The van der Waals surface area contributed by atoms with Crippen molar-refractivity contribution in [3.8, 4) is 0 Å². The first-order valence-electron chi connectivity index (χ1n) is 6.71. The summed E-state index contributed by atoms with van der Waals surface area (Å²) in [6.07, 6.45) is 7.59. The van der Waals surface area contributed by atoms with Gasteiger partial charge in [-0.1, -0.05) is 19.8 Å². The maximum Gasteiger partial charge on any atom is 0.273 e. The molecule has 0 bridgehead atoms. The molecule has 2 atom stereocenters. The molecular formula is C13H20N4OS. The summed E-state index contributed by atoms with van der Waals surface area (Å²) in [4.78, 5) is 20.1. The fourth-order valence-corrected chi connectivity index (χ4v) is 3.63. The Bertz CT molecular complexity index is 438. The number of hydrogen-bond donors (Lipinski definition) is 2. The number of hydrogen-bond acceptors (Lipinski definition) is 5. The summed E-state index contributed by atoms with van der Waals surface area (Å²) in [6, 6.07) is 0.215. The SMILES string of the molecule is CCS[C@H]1CCCC[C@H]1NC(=O)c1nccnc1N. The van der Waals surface area contributed by atoms with Crippen molar-refractivity contribution in [3.63, 3.8) is 0 Å². The molecule has 1 aliphatic rings. The van der Waals surface area contributed by atoms with Gasteiger partial charge in [-0.15, -0.1) is 0 Å². The molecule has 0 aromatic carbocycles. The van der Waals surface area contributed by atoms with E-state index in [4.69, 9.17) is 5.73 Å². The van der Waals surface area contributed by atoms with Crippen LogP contribution in [-0.4, -0.2) is 32.9 Å². The summed E-state index contributed by atoms with van der Waals surface area (Å²) in [6.45, 7) is 2.15. The predicted molar refractivity (Wildman–Crippen MR) is 78.1 cm³/mol. The van der Waals surface area contributed by atoms with Gasteiger partial charge in [-0.3, -0.25) is 4.79 Å². The lowest BCUT2D eigenvalue weighted by atomic mass is 9.95. The third-order valence-electron chi connectivity index (χ3n) is 3.34. The molecule has 0 radical (unpaired) electrons. The number of rotatable bonds is 4. The summed E-state index contributed by atoms with van der Waals surface area (Å²) < 4.78 is 0. The Kier molecular flexibility index (Phi) is 5.01. The van der Waals surface area contributed by atoms with Crippen LogP contribution in [0.3, 0.4) is 0 Å². The van der Waals surface area contributed by atoms with E-state index in [1.807, 2.05) is 11.8 Å². The number of thioether (sulfide) groups is 1. The molecular weight excluding hydrogens is 260 g/mol. The highest BCUT2D eigenvalue weighted by Crippen LogP contribution is 2.28. The number of aromatic nitrogens is 2. The zero-order valence-corrected chi connectivity index (χ0v) is 11.9. The molecule has 1 aliphatic carbocycles. The Balaban J connectivity index is 2.03. The predicted octanol–water partition coefficient (Wildman–Crippen LogP) is 1.85. The largest absolute Gasteiger partial charge is 0.382 e. The summed E-state index contributed by atoms with van der Waals surface area (Å²) in [5, 5.41) is 3.57. The smallest absolute Gasteiger partial charge is 0.273 e. The zero-order valence-electron chi connectivity index (χ0n) is 11.1. The number of nitrogens with two attached hydrogens (primary N) is 1. The minimum Gasteiger partial charge on any atom is -0.382 e. The van der Waals surface area contributed by atoms with E-state index < -0.39 is 0 Å². The van der Waals surface area contributed by atoms with Crippen LogP contribution in [0, 0.1) is 0 Å². The molecule has 3 N–H and O–H groups in total. The first-order chi connectivity index (χ1) is 9.22. The van der Waals surface area contributed by atoms with E-state index in [9.17, 15) is 4.79 Å². The second-order valence-electron chi connectivity index (χ2n) is 4.65. The van der Waals surface area contributed by atoms with Gasteiger partial charge in [0.2, 0.25) is 0 Å². The number of carbonyl (C=O) groups is 1. The highest BCUT2D eigenvalue weighted by molar-refractivity contribution is 7.99. The number of nitrogen functional groups attached to an aromatic ring is 1. The normalized spacial score (nSPS) is 23.0. The number of nitrogens with zero attached hydrogens (tertiary/aromatic N) is 2. The van der Waals surface area contributed by atoms with E-state index in [1.165, 1.54) is 31.7 Å². The average molecular weight is 280 g/mol. The van der Waals surface area contributed by atoms with Gasteiger partial charge in [-0.2, -0.15) is 11.8 Å². The number of carbonyl (C=O) groups excluding carboxylic acids is 1. The van der Waals surface area contributed by atoms with Crippen molar-refractivity contribution in [1.82, 2.24) is 15.3 Å². The lowest BCUT2D eigenvalue weighted by Crippen LogP contribution is -2.44. The highest BCUT2D eigenvalue weighted by Gasteiger charge is 2.27. The highest BCUT2D eigenvalue weighted by atomic mass is 32.2. The van der Waals surface area contributed by atoms with E-state index in [0.717, 1.165) is 12.2 Å². The van der Waals surface area contributed by atoms with E-state index in [2.05, 4.69) is 22.2 Å². The van der Waals surface area contributed by atoms with Gasteiger partial charge in [0.15, 0.2) is 11.5 Å². The van der Waals surface area contributed by atoms with Crippen LogP contribution in [0.5, 0.6) is 0 Å². The molecule has 1 aromatic heterocycles. The number of nitrogens with one attached hydrogen (secondary N) is 1. The van der Waals surface area contributed by atoms with Crippen molar-refractivity contribution in [2.24, 2.45) is 0 Å². The van der Waals surface area contributed by atoms with Gasteiger partial charge in [0.25, 0.3) is 5.91 Å². The van der Waals surface area contributed by atoms with Crippen LogP contribution in [0.25, 0.3) is 0 Å². The van der Waals surface area contributed by atoms with Gasteiger partial charge < -0.3 is 11.1 Å². The van der Waals surface area contributed by atoms with Gasteiger partial charge in [0.1, 0.15) is 0 Å². The maximum absolute atomic E-state index is 12.2. The molecule has 0 spiro atoms. The Morgan fingerprint density at radius 3 is 2.89 bits per heavy atom. The third-order valence-corrected chi connectivity index (χ3v) is 4.67. The lowest BCUT2D eigenvalue weighted by Gasteiger charge is -2.31. The van der Waals surface area contributed by atoms with Crippen molar-refractivity contribution in [3.05, 3.63) is 18.1 Å². The Labute approximate surface area is 117 Å². The van der Waals surface area contributed by atoms with E-state index in [1.54, 1.807) is 0 Å². The maximum atomic E-state index is 12.2. The van der Waals surface area contributed by atoms with Gasteiger partial charge in [0.05, 0.1) is 0 Å². The van der Waals surface area contributed by atoms with Gasteiger partial charge >= 0.3 is 0 Å². The van der Waals surface area contributed by atoms with Gasteiger partial charge in [-0.25, -0.2) is 9.97 Å². The van der Waals surface area contributed by atoms with Gasteiger partial charge in [0, 0.05) is 23.7 Å². The summed E-state index contributed by atoms with van der Waals surface area (Å²) in [5.74, 6) is 1.05. The topological polar surface area (TPSA) is 80.9 Å². The van der Waals surface area contributed by atoms with Gasteiger partial charge in [-0.05, 0) is 18.6 Å². The quantitative estimate of drug-likeness (QED) is 0.879. The fourth-order valence-electron chi connectivity index (χ4n) is 2.44. The number of anilines is 1. The summed E-state index contributed by atoms with van der Waals surface area (Å²) in [7, 11) is 0. The van der Waals surface area contributed by atoms with Crippen LogP contribution in [0.4, 0.5) is 5.82 Å². The van der Waals surface area contributed by atoms with Crippen molar-refractivity contribution < 1.29 is 4.79 Å². The van der Waals surface area contributed by atoms with Crippen LogP contribution in [0.1, 0.15) is 43.1 Å². The molecule has 104 valence electrons. The average Bonchev–Trinajstić information content (AvgIpc) is 2.41. The van der Waals surface area contributed by atoms with Crippen molar-refractivity contribution >= 4 is 23.5 Å². The van der Waals surface area contributed by atoms with Crippen molar-refractivity contribution in [2.45, 2.75) is 43.9 Å².